The fourth-order valence-corrected chi connectivity index (χ4v) is 4.44. The lowest BCUT2D eigenvalue weighted by Gasteiger charge is -2.24. The van der Waals surface area contributed by atoms with E-state index in [1.807, 2.05) is 70.9 Å². The van der Waals surface area contributed by atoms with Gasteiger partial charge in [0.25, 0.3) is 5.91 Å². The predicted octanol–water partition coefficient (Wildman–Crippen LogP) is 4.73. The first-order valence-electron chi connectivity index (χ1n) is 9.99. The number of nitrogens with zero attached hydrogens (tertiary/aromatic N) is 2. The lowest BCUT2D eigenvalue weighted by molar-refractivity contribution is -0.117. The molecule has 4 rings (SSSR count). The number of anilines is 1. The Labute approximate surface area is 180 Å². The summed E-state index contributed by atoms with van der Waals surface area (Å²) in [6, 6.07) is 19.1. The summed E-state index contributed by atoms with van der Waals surface area (Å²) in [5.41, 5.74) is 2.42. The molecule has 3 aromatic rings. The second-order valence-electron chi connectivity index (χ2n) is 7.25. The standard InChI is InChI=1S/C24H24N2O3S/c1-29-22-8-3-2-6-19(22)16-25(17-21-7-5-15-30-21)24(28)18-10-12-20(13-11-18)26-14-4-9-23(26)27/h2-3,5-8,10-13,15H,4,9,14,16-17H2,1H3. The second kappa shape index (κ2) is 9.13. The van der Waals surface area contributed by atoms with Gasteiger partial charge < -0.3 is 14.5 Å². The van der Waals surface area contributed by atoms with Crippen LogP contribution in [0, 0.1) is 0 Å². The first-order chi connectivity index (χ1) is 14.7. The van der Waals surface area contributed by atoms with Crippen molar-refractivity contribution in [2.45, 2.75) is 25.9 Å². The van der Waals surface area contributed by atoms with E-state index in [-0.39, 0.29) is 11.8 Å². The van der Waals surface area contributed by atoms with Gasteiger partial charge >= 0.3 is 0 Å². The summed E-state index contributed by atoms with van der Waals surface area (Å²) in [6.07, 6.45) is 1.47. The molecule has 0 saturated carbocycles. The van der Waals surface area contributed by atoms with E-state index in [0.29, 0.717) is 25.1 Å². The minimum atomic E-state index is -0.0476. The summed E-state index contributed by atoms with van der Waals surface area (Å²) in [5, 5.41) is 2.02. The Balaban J connectivity index is 1.58. The second-order valence-corrected chi connectivity index (χ2v) is 8.28. The van der Waals surface area contributed by atoms with Gasteiger partial charge in [0, 0.05) is 34.7 Å². The Kier molecular flexibility index (Phi) is 6.14. The van der Waals surface area contributed by atoms with Crippen LogP contribution < -0.4 is 9.64 Å². The highest BCUT2D eigenvalue weighted by atomic mass is 32.1. The number of ether oxygens (including phenoxy) is 1. The van der Waals surface area contributed by atoms with Crippen molar-refractivity contribution in [3.8, 4) is 5.75 Å². The molecule has 0 bridgehead atoms. The molecular weight excluding hydrogens is 396 g/mol. The van der Waals surface area contributed by atoms with E-state index in [2.05, 4.69) is 0 Å². The molecule has 1 aliphatic rings. The average molecular weight is 421 g/mol. The van der Waals surface area contributed by atoms with Gasteiger partial charge in [0.15, 0.2) is 0 Å². The molecular formula is C24H24N2O3S. The number of carbonyl (C=O) groups is 2. The summed E-state index contributed by atoms with van der Waals surface area (Å²) in [7, 11) is 1.64. The van der Waals surface area contributed by atoms with E-state index in [0.717, 1.165) is 34.8 Å². The van der Waals surface area contributed by atoms with Crippen molar-refractivity contribution >= 4 is 28.8 Å². The molecule has 0 spiro atoms. The fraction of sp³-hybridized carbons (Fsp3) is 0.250. The van der Waals surface area contributed by atoms with Crippen molar-refractivity contribution in [1.29, 1.82) is 0 Å². The summed E-state index contributed by atoms with van der Waals surface area (Å²) in [6.45, 7) is 1.72. The smallest absolute Gasteiger partial charge is 0.254 e. The van der Waals surface area contributed by atoms with E-state index in [1.54, 1.807) is 23.3 Å². The molecule has 0 unspecified atom stereocenters. The Bertz CT molecular complexity index is 1020. The van der Waals surface area contributed by atoms with Crippen LogP contribution >= 0.6 is 11.3 Å². The monoisotopic (exact) mass is 420 g/mol. The molecule has 30 heavy (non-hydrogen) atoms. The molecule has 6 heteroatoms. The number of hydrogen-bond acceptors (Lipinski definition) is 4. The van der Waals surface area contributed by atoms with E-state index in [4.69, 9.17) is 4.74 Å². The van der Waals surface area contributed by atoms with E-state index >= 15 is 0 Å². The van der Waals surface area contributed by atoms with Crippen LogP contribution in [-0.2, 0) is 17.9 Å². The molecule has 1 aliphatic heterocycles. The Morgan fingerprint density at radius 1 is 1.07 bits per heavy atom. The topological polar surface area (TPSA) is 49.9 Å². The third kappa shape index (κ3) is 4.39. The summed E-state index contributed by atoms with van der Waals surface area (Å²) >= 11 is 1.63. The largest absolute Gasteiger partial charge is 0.496 e. The van der Waals surface area contributed by atoms with Gasteiger partial charge in [0.1, 0.15) is 5.75 Å². The Hall–Kier alpha value is -3.12. The minimum absolute atomic E-state index is 0.0476. The normalized spacial score (nSPS) is 13.5. The molecule has 0 atom stereocenters. The Morgan fingerprint density at radius 3 is 2.53 bits per heavy atom. The number of methoxy groups -OCH3 is 1. The van der Waals surface area contributed by atoms with Crippen LogP contribution in [0.5, 0.6) is 5.75 Å². The number of benzene rings is 2. The maximum absolute atomic E-state index is 13.4. The lowest BCUT2D eigenvalue weighted by Crippen LogP contribution is -2.30. The van der Waals surface area contributed by atoms with Crippen LogP contribution in [0.1, 0.15) is 33.6 Å². The highest BCUT2D eigenvalue weighted by Gasteiger charge is 2.23. The number of hydrogen-bond donors (Lipinski definition) is 0. The van der Waals surface area contributed by atoms with Gasteiger partial charge in [-0.3, -0.25) is 9.59 Å². The van der Waals surface area contributed by atoms with Gasteiger partial charge in [0.2, 0.25) is 5.91 Å². The summed E-state index contributed by atoms with van der Waals surface area (Å²) in [4.78, 5) is 30.1. The highest BCUT2D eigenvalue weighted by molar-refractivity contribution is 7.09. The van der Waals surface area contributed by atoms with E-state index < -0.39 is 0 Å². The highest BCUT2D eigenvalue weighted by Crippen LogP contribution is 2.25. The van der Waals surface area contributed by atoms with Crippen molar-refractivity contribution in [2.24, 2.45) is 0 Å². The minimum Gasteiger partial charge on any atom is -0.496 e. The molecule has 1 saturated heterocycles. The molecule has 0 N–H and O–H groups in total. The van der Waals surface area contributed by atoms with Crippen LogP contribution in [0.4, 0.5) is 5.69 Å². The van der Waals surface area contributed by atoms with Gasteiger partial charge in [-0.1, -0.05) is 24.3 Å². The number of para-hydroxylation sites is 1. The number of amides is 2. The third-order valence-corrected chi connectivity index (χ3v) is 6.13. The van der Waals surface area contributed by atoms with Gasteiger partial charge in [0.05, 0.1) is 20.2 Å². The zero-order chi connectivity index (χ0) is 20.9. The van der Waals surface area contributed by atoms with E-state index in [9.17, 15) is 9.59 Å². The van der Waals surface area contributed by atoms with Crippen molar-refractivity contribution in [1.82, 2.24) is 4.90 Å². The third-order valence-electron chi connectivity index (χ3n) is 5.27. The van der Waals surface area contributed by atoms with Gasteiger partial charge in [-0.25, -0.2) is 0 Å². The molecule has 2 aromatic carbocycles. The van der Waals surface area contributed by atoms with Crippen LogP contribution in [0.25, 0.3) is 0 Å². The maximum Gasteiger partial charge on any atom is 0.254 e. The van der Waals surface area contributed by atoms with Crippen molar-refractivity contribution in [2.75, 3.05) is 18.6 Å². The summed E-state index contributed by atoms with van der Waals surface area (Å²) in [5.74, 6) is 0.863. The van der Waals surface area contributed by atoms with Crippen molar-refractivity contribution in [3.63, 3.8) is 0 Å². The molecule has 0 radical (unpaired) electrons. The molecule has 1 fully saturated rings. The molecule has 1 aromatic heterocycles. The number of carbonyl (C=O) groups excluding carboxylic acids is 2. The molecule has 2 amide bonds. The fourth-order valence-electron chi connectivity index (χ4n) is 3.72. The zero-order valence-electron chi connectivity index (χ0n) is 16.9. The maximum atomic E-state index is 13.4. The number of thiophene rings is 1. The van der Waals surface area contributed by atoms with Gasteiger partial charge in [-0.15, -0.1) is 11.3 Å². The van der Waals surface area contributed by atoms with Crippen LogP contribution in [-0.4, -0.2) is 30.4 Å². The van der Waals surface area contributed by atoms with E-state index in [1.165, 1.54) is 0 Å². The first-order valence-corrected chi connectivity index (χ1v) is 10.9. The lowest BCUT2D eigenvalue weighted by atomic mass is 10.1. The summed E-state index contributed by atoms with van der Waals surface area (Å²) < 4.78 is 5.48. The molecule has 0 aliphatic carbocycles. The van der Waals surface area contributed by atoms with Crippen molar-refractivity contribution < 1.29 is 14.3 Å². The molecule has 154 valence electrons. The van der Waals surface area contributed by atoms with Crippen LogP contribution in [0.3, 0.4) is 0 Å². The molecule has 5 nitrogen and oxygen atoms in total. The number of rotatable bonds is 7. The average Bonchev–Trinajstić information content (AvgIpc) is 3.45. The van der Waals surface area contributed by atoms with Crippen molar-refractivity contribution in [3.05, 3.63) is 82.0 Å². The first kappa shape index (κ1) is 20.2. The SMILES string of the molecule is COc1ccccc1CN(Cc1cccs1)C(=O)c1ccc(N2CCCC2=O)cc1. The zero-order valence-corrected chi connectivity index (χ0v) is 17.7. The quantitative estimate of drug-likeness (QED) is 0.555. The van der Waals surface area contributed by atoms with Gasteiger partial charge in [-0.2, -0.15) is 0 Å². The van der Waals surface area contributed by atoms with Crippen LogP contribution in [0.2, 0.25) is 0 Å². The predicted molar refractivity (Wildman–Crippen MR) is 119 cm³/mol. The van der Waals surface area contributed by atoms with Crippen LogP contribution in [0.15, 0.2) is 66.0 Å². The Morgan fingerprint density at radius 2 is 1.87 bits per heavy atom. The molecule has 2 heterocycles. The van der Waals surface area contributed by atoms with Gasteiger partial charge in [-0.05, 0) is 48.2 Å².